The third-order valence-electron chi connectivity index (χ3n) is 2.87. The van der Waals surface area contributed by atoms with Gasteiger partial charge < -0.3 is 15.2 Å². The van der Waals surface area contributed by atoms with Crippen molar-refractivity contribution in [2.45, 2.75) is 19.4 Å². The Morgan fingerprint density at radius 2 is 2.11 bits per heavy atom. The Kier molecular flexibility index (Phi) is 7.05. The van der Waals surface area contributed by atoms with E-state index in [1.54, 1.807) is 14.2 Å². The lowest BCUT2D eigenvalue weighted by atomic mass is 10.1. The zero-order valence-corrected chi connectivity index (χ0v) is 12.7. The van der Waals surface area contributed by atoms with Crippen LogP contribution in [0.5, 0.6) is 5.75 Å². The van der Waals surface area contributed by atoms with E-state index in [9.17, 15) is 4.21 Å². The Morgan fingerprint density at radius 1 is 1.37 bits per heavy atom. The Balaban J connectivity index is 2.64. The molecule has 0 spiro atoms. The van der Waals surface area contributed by atoms with Crippen molar-refractivity contribution in [1.29, 1.82) is 0 Å². The predicted molar refractivity (Wildman–Crippen MR) is 79.0 cm³/mol. The van der Waals surface area contributed by atoms with Crippen LogP contribution < -0.4 is 10.5 Å². The van der Waals surface area contributed by atoms with E-state index in [0.29, 0.717) is 18.1 Å². The maximum atomic E-state index is 11.9. The highest BCUT2D eigenvalue weighted by molar-refractivity contribution is 7.85. The minimum Gasteiger partial charge on any atom is -0.496 e. The molecular weight excluding hydrogens is 262 g/mol. The number of benzene rings is 1. The highest BCUT2D eigenvalue weighted by Gasteiger charge is 2.15. The van der Waals surface area contributed by atoms with Gasteiger partial charge in [0, 0.05) is 47.6 Å². The molecule has 0 aliphatic carbocycles. The van der Waals surface area contributed by atoms with E-state index in [1.165, 1.54) is 0 Å². The molecule has 0 saturated heterocycles. The van der Waals surface area contributed by atoms with Gasteiger partial charge in [0.1, 0.15) is 5.75 Å². The molecule has 5 heteroatoms. The van der Waals surface area contributed by atoms with Crippen LogP contribution in [-0.4, -0.2) is 36.5 Å². The molecule has 0 radical (unpaired) electrons. The zero-order chi connectivity index (χ0) is 14.3. The number of hydrogen-bond acceptors (Lipinski definition) is 4. The summed E-state index contributed by atoms with van der Waals surface area (Å²) >= 11 is 0. The molecule has 0 heterocycles. The van der Waals surface area contributed by atoms with E-state index >= 15 is 0 Å². The molecule has 1 rings (SSSR count). The average molecular weight is 285 g/mol. The van der Waals surface area contributed by atoms with Crippen molar-refractivity contribution < 1.29 is 13.7 Å². The number of aryl methyl sites for hydroxylation is 1. The number of ether oxygens (including phenoxy) is 2. The molecule has 0 bridgehead atoms. The summed E-state index contributed by atoms with van der Waals surface area (Å²) in [6.07, 6.45) is 0.792. The van der Waals surface area contributed by atoms with Gasteiger partial charge in [0.15, 0.2) is 0 Å². The second kappa shape index (κ2) is 8.30. The molecule has 4 nitrogen and oxygen atoms in total. The third-order valence-corrected chi connectivity index (χ3v) is 4.35. The molecule has 0 saturated carbocycles. The summed E-state index contributed by atoms with van der Waals surface area (Å²) in [7, 11) is 2.34. The van der Waals surface area contributed by atoms with Crippen molar-refractivity contribution in [1.82, 2.24) is 0 Å². The van der Waals surface area contributed by atoms with Crippen LogP contribution in [0, 0.1) is 6.92 Å². The fourth-order valence-corrected chi connectivity index (χ4v) is 3.07. The first-order valence-corrected chi connectivity index (χ1v) is 7.81. The van der Waals surface area contributed by atoms with Gasteiger partial charge in [-0.1, -0.05) is 17.7 Å². The first kappa shape index (κ1) is 16.1. The topological polar surface area (TPSA) is 61.5 Å². The summed E-state index contributed by atoms with van der Waals surface area (Å²) in [5.41, 5.74) is 8.18. The molecule has 0 aliphatic rings. The van der Waals surface area contributed by atoms with Gasteiger partial charge in [0.2, 0.25) is 0 Å². The maximum Gasteiger partial charge on any atom is 0.123 e. The van der Waals surface area contributed by atoms with Gasteiger partial charge in [0.05, 0.1) is 7.11 Å². The normalized spacial score (nSPS) is 14.1. The van der Waals surface area contributed by atoms with E-state index in [0.717, 1.165) is 23.3 Å². The summed E-state index contributed by atoms with van der Waals surface area (Å²) in [6, 6.07) is 5.61. The van der Waals surface area contributed by atoms with Crippen molar-refractivity contribution in [2.75, 3.05) is 32.3 Å². The fourth-order valence-electron chi connectivity index (χ4n) is 1.88. The largest absolute Gasteiger partial charge is 0.496 e. The van der Waals surface area contributed by atoms with Gasteiger partial charge in [-0.2, -0.15) is 0 Å². The van der Waals surface area contributed by atoms with Gasteiger partial charge in [0.25, 0.3) is 0 Å². The van der Waals surface area contributed by atoms with Crippen molar-refractivity contribution in [3.63, 3.8) is 0 Å². The molecule has 1 aromatic carbocycles. The van der Waals surface area contributed by atoms with Gasteiger partial charge in [-0.3, -0.25) is 4.21 Å². The Labute approximate surface area is 117 Å². The van der Waals surface area contributed by atoms with Crippen LogP contribution >= 0.6 is 0 Å². The third kappa shape index (κ3) is 5.30. The van der Waals surface area contributed by atoms with Crippen LogP contribution in [0.1, 0.15) is 23.6 Å². The number of hydrogen-bond donors (Lipinski definition) is 1. The molecule has 0 aromatic heterocycles. The minimum absolute atomic E-state index is 0.266. The van der Waals surface area contributed by atoms with Crippen LogP contribution in [0.25, 0.3) is 0 Å². The second-order valence-corrected chi connectivity index (χ2v) is 6.13. The van der Waals surface area contributed by atoms with Gasteiger partial charge >= 0.3 is 0 Å². The number of rotatable bonds is 8. The lowest BCUT2D eigenvalue weighted by Gasteiger charge is -2.16. The molecule has 0 amide bonds. The molecule has 2 atom stereocenters. The highest BCUT2D eigenvalue weighted by atomic mass is 32.2. The van der Waals surface area contributed by atoms with Crippen LogP contribution in [-0.2, 0) is 15.5 Å². The minimum atomic E-state index is -0.930. The van der Waals surface area contributed by atoms with Crippen molar-refractivity contribution in [3.8, 4) is 5.75 Å². The van der Waals surface area contributed by atoms with Crippen molar-refractivity contribution in [2.24, 2.45) is 5.73 Å². The predicted octanol–water partition coefficient (Wildman–Crippen LogP) is 1.79. The number of methoxy groups -OCH3 is 2. The zero-order valence-electron chi connectivity index (χ0n) is 11.8. The average Bonchev–Trinajstić information content (AvgIpc) is 2.39. The fraction of sp³-hybridized carbons (Fsp3) is 0.571. The summed E-state index contributed by atoms with van der Waals surface area (Å²) in [5, 5.41) is 0. The van der Waals surface area contributed by atoms with Gasteiger partial charge in [-0.05, 0) is 19.4 Å². The quantitative estimate of drug-likeness (QED) is 0.740. The molecule has 0 fully saturated rings. The van der Waals surface area contributed by atoms with E-state index in [2.05, 4.69) is 0 Å². The lowest BCUT2D eigenvalue weighted by Crippen LogP contribution is -2.21. The molecule has 19 heavy (non-hydrogen) atoms. The van der Waals surface area contributed by atoms with Crippen LogP contribution in [0.2, 0.25) is 0 Å². The summed E-state index contributed by atoms with van der Waals surface area (Å²) in [5.74, 6) is 1.83. The second-order valence-electron chi connectivity index (χ2n) is 4.51. The monoisotopic (exact) mass is 285 g/mol. The van der Waals surface area contributed by atoms with Crippen molar-refractivity contribution >= 4 is 10.8 Å². The van der Waals surface area contributed by atoms with Gasteiger partial charge in [-0.15, -0.1) is 0 Å². The summed E-state index contributed by atoms with van der Waals surface area (Å²) < 4.78 is 22.2. The van der Waals surface area contributed by atoms with Crippen molar-refractivity contribution in [3.05, 3.63) is 29.3 Å². The maximum absolute atomic E-state index is 11.9. The Bertz CT molecular complexity index is 423. The van der Waals surface area contributed by atoms with Gasteiger partial charge in [-0.25, -0.2) is 0 Å². The molecule has 2 N–H and O–H groups in total. The van der Waals surface area contributed by atoms with E-state index in [-0.39, 0.29) is 6.04 Å². The summed E-state index contributed by atoms with van der Waals surface area (Å²) in [6.45, 7) is 2.64. The molecule has 2 unspecified atom stereocenters. The first-order chi connectivity index (χ1) is 9.08. The Morgan fingerprint density at radius 3 is 2.74 bits per heavy atom. The van der Waals surface area contributed by atoms with E-state index in [1.807, 2.05) is 25.1 Å². The summed E-state index contributed by atoms with van der Waals surface area (Å²) in [4.78, 5) is 0. The lowest BCUT2D eigenvalue weighted by molar-refractivity contribution is 0.200. The van der Waals surface area contributed by atoms with Crippen LogP contribution in [0.4, 0.5) is 0 Å². The molecule has 108 valence electrons. The first-order valence-electron chi connectivity index (χ1n) is 6.32. The van der Waals surface area contributed by atoms with E-state index in [4.69, 9.17) is 15.2 Å². The smallest absolute Gasteiger partial charge is 0.123 e. The van der Waals surface area contributed by atoms with E-state index < -0.39 is 10.8 Å². The van der Waals surface area contributed by atoms with Crippen LogP contribution in [0.15, 0.2) is 18.2 Å². The Hall–Kier alpha value is -0.910. The molecule has 1 aromatic rings. The molecular formula is C14H23NO3S. The number of nitrogens with two attached hydrogens (primary N) is 1. The van der Waals surface area contributed by atoms with Crippen LogP contribution in [0.3, 0.4) is 0 Å². The standard InChI is InChI=1S/C14H23NO3S/c1-11-5-6-14(18-3)12(9-11)13(15)10-19(16)8-4-7-17-2/h5-6,9,13H,4,7-8,10,15H2,1-3H3. The highest BCUT2D eigenvalue weighted by Crippen LogP contribution is 2.25. The SMILES string of the molecule is COCCCS(=O)CC(N)c1cc(C)ccc1OC. The molecule has 0 aliphatic heterocycles.